The van der Waals surface area contributed by atoms with Crippen LogP contribution in [0.4, 0.5) is 0 Å². The van der Waals surface area contributed by atoms with Crippen molar-refractivity contribution in [3.63, 3.8) is 0 Å². The predicted octanol–water partition coefficient (Wildman–Crippen LogP) is 1.85. The average molecular weight is 260 g/mol. The number of carboxylic acid groups (broad SMARTS) is 1. The third-order valence-electron chi connectivity index (χ3n) is 3.00. The first-order valence-corrected chi connectivity index (χ1v) is 5.84. The molecule has 19 heavy (non-hydrogen) atoms. The van der Waals surface area contributed by atoms with Crippen molar-refractivity contribution in [1.29, 1.82) is 0 Å². The van der Waals surface area contributed by atoms with Gasteiger partial charge in [0, 0.05) is 5.56 Å². The number of nitrogens with zero attached hydrogens (tertiary/aromatic N) is 1. The van der Waals surface area contributed by atoms with Crippen LogP contribution >= 0.6 is 0 Å². The van der Waals surface area contributed by atoms with E-state index in [2.05, 4.69) is 9.97 Å². The van der Waals surface area contributed by atoms with Crippen LogP contribution in [-0.4, -0.2) is 34.3 Å². The number of nitrogens with one attached hydrogen (secondary N) is 1. The van der Waals surface area contributed by atoms with Gasteiger partial charge in [0.2, 0.25) is 0 Å². The van der Waals surface area contributed by atoms with Crippen LogP contribution in [0.1, 0.15) is 16.1 Å². The number of carbonyl (C=O) groups is 1. The van der Waals surface area contributed by atoms with Gasteiger partial charge < -0.3 is 19.6 Å². The van der Waals surface area contributed by atoms with Gasteiger partial charge in [0.1, 0.15) is 18.9 Å². The van der Waals surface area contributed by atoms with E-state index in [-0.39, 0.29) is 5.69 Å². The minimum Gasteiger partial charge on any atom is -0.486 e. The molecule has 3 rings (SSSR count). The monoisotopic (exact) mass is 260 g/mol. The number of imidazole rings is 1. The quantitative estimate of drug-likeness (QED) is 0.860. The van der Waals surface area contributed by atoms with Gasteiger partial charge in [-0.2, -0.15) is 0 Å². The number of rotatable bonds is 2. The molecule has 1 aliphatic heterocycles. The van der Waals surface area contributed by atoms with Crippen LogP contribution in [0.2, 0.25) is 0 Å². The van der Waals surface area contributed by atoms with E-state index in [1.807, 2.05) is 13.0 Å². The molecule has 98 valence electrons. The Kier molecular flexibility index (Phi) is 2.63. The molecule has 0 saturated heterocycles. The summed E-state index contributed by atoms with van der Waals surface area (Å²) in [6, 6.07) is 3.61. The number of ether oxygens (including phenoxy) is 2. The molecule has 0 bridgehead atoms. The van der Waals surface area contributed by atoms with Crippen LogP contribution in [0.3, 0.4) is 0 Å². The van der Waals surface area contributed by atoms with Crippen molar-refractivity contribution in [2.75, 3.05) is 13.2 Å². The molecule has 6 nitrogen and oxygen atoms in total. The highest BCUT2D eigenvalue weighted by molar-refractivity contribution is 5.93. The molecule has 0 spiro atoms. The maximum atomic E-state index is 11.1. The summed E-state index contributed by atoms with van der Waals surface area (Å²) >= 11 is 0. The number of benzene rings is 1. The third-order valence-corrected chi connectivity index (χ3v) is 3.00. The molecule has 1 aromatic carbocycles. The lowest BCUT2D eigenvalue weighted by molar-refractivity contribution is 0.0692. The van der Waals surface area contributed by atoms with Crippen LogP contribution in [0.25, 0.3) is 11.3 Å². The first kappa shape index (κ1) is 11.6. The fourth-order valence-electron chi connectivity index (χ4n) is 2.11. The average Bonchev–Trinajstić information content (AvgIpc) is 2.87. The second-order valence-corrected chi connectivity index (χ2v) is 4.24. The number of carboxylic acids is 1. The van der Waals surface area contributed by atoms with Gasteiger partial charge in [-0.05, 0) is 24.6 Å². The standard InChI is InChI=1S/C13H12N2O4/c1-7-4-9-10(19-3-2-18-9)5-8(7)11-12(13(16)17)15-6-14-11/h4-6H,2-3H2,1H3,(H,14,15)(H,16,17). The Bertz CT molecular complexity index is 648. The molecular formula is C13H12N2O4. The third kappa shape index (κ3) is 1.91. The van der Waals surface area contributed by atoms with E-state index in [0.29, 0.717) is 30.4 Å². The van der Waals surface area contributed by atoms with Gasteiger partial charge in [0.05, 0.1) is 6.33 Å². The second-order valence-electron chi connectivity index (χ2n) is 4.24. The van der Waals surface area contributed by atoms with Crippen molar-refractivity contribution in [2.24, 2.45) is 0 Å². The zero-order valence-electron chi connectivity index (χ0n) is 10.3. The Morgan fingerprint density at radius 2 is 2.00 bits per heavy atom. The molecule has 2 N–H and O–H groups in total. The van der Waals surface area contributed by atoms with Crippen molar-refractivity contribution in [2.45, 2.75) is 6.92 Å². The number of aryl methyl sites for hydroxylation is 1. The Morgan fingerprint density at radius 1 is 1.32 bits per heavy atom. The topological polar surface area (TPSA) is 84.4 Å². The van der Waals surface area contributed by atoms with E-state index in [9.17, 15) is 4.79 Å². The van der Waals surface area contributed by atoms with Crippen LogP contribution in [0, 0.1) is 6.92 Å². The van der Waals surface area contributed by atoms with E-state index < -0.39 is 5.97 Å². The first-order valence-electron chi connectivity index (χ1n) is 5.84. The molecule has 0 atom stereocenters. The highest BCUT2D eigenvalue weighted by Gasteiger charge is 2.20. The number of H-pyrrole nitrogens is 1. The zero-order valence-corrected chi connectivity index (χ0v) is 10.3. The number of hydrogen-bond donors (Lipinski definition) is 2. The van der Waals surface area contributed by atoms with Crippen molar-refractivity contribution in [1.82, 2.24) is 9.97 Å². The van der Waals surface area contributed by atoms with Crippen molar-refractivity contribution in [3.8, 4) is 22.8 Å². The molecule has 0 radical (unpaired) electrons. The van der Waals surface area contributed by atoms with Gasteiger partial charge in [-0.15, -0.1) is 0 Å². The van der Waals surface area contributed by atoms with Crippen LogP contribution < -0.4 is 9.47 Å². The molecule has 0 fully saturated rings. The summed E-state index contributed by atoms with van der Waals surface area (Å²) in [5, 5.41) is 9.12. The van der Waals surface area contributed by atoms with Gasteiger partial charge in [-0.1, -0.05) is 0 Å². The molecule has 6 heteroatoms. The normalized spacial score (nSPS) is 13.3. The lowest BCUT2D eigenvalue weighted by Gasteiger charge is -2.20. The number of hydrogen-bond acceptors (Lipinski definition) is 4. The maximum Gasteiger partial charge on any atom is 0.354 e. The molecule has 0 aliphatic carbocycles. The first-order chi connectivity index (χ1) is 9.16. The van der Waals surface area contributed by atoms with Crippen LogP contribution in [0.5, 0.6) is 11.5 Å². The van der Waals surface area contributed by atoms with E-state index >= 15 is 0 Å². The summed E-state index contributed by atoms with van der Waals surface area (Å²) in [6.45, 7) is 2.89. The fraction of sp³-hybridized carbons (Fsp3) is 0.231. The molecule has 2 heterocycles. The van der Waals surface area contributed by atoms with Gasteiger partial charge in [-0.3, -0.25) is 0 Å². The van der Waals surface area contributed by atoms with Crippen molar-refractivity contribution in [3.05, 3.63) is 29.7 Å². The van der Waals surface area contributed by atoms with Gasteiger partial charge in [-0.25, -0.2) is 9.78 Å². The molecule has 0 amide bonds. The number of aromatic amines is 1. The molecule has 1 aromatic heterocycles. The van der Waals surface area contributed by atoms with E-state index in [1.54, 1.807) is 6.07 Å². The lowest BCUT2D eigenvalue weighted by Crippen LogP contribution is -2.15. The van der Waals surface area contributed by atoms with Gasteiger partial charge in [0.15, 0.2) is 17.2 Å². The van der Waals surface area contributed by atoms with E-state index in [4.69, 9.17) is 14.6 Å². The number of aromatic carboxylic acids is 1. The highest BCUT2D eigenvalue weighted by Crippen LogP contribution is 2.37. The molecule has 2 aromatic rings. The predicted molar refractivity (Wildman–Crippen MR) is 66.7 cm³/mol. The van der Waals surface area contributed by atoms with Crippen molar-refractivity contribution < 1.29 is 19.4 Å². The SMILES string of the molecule is Cc1cc2c(cc1-c1nc[nH]c1C(=O)O)OCCO2. The summed E-state index contributed by atoms with van der Waals surface area (Å²) in [6.07, 6.45) is 1.37. The van der Waals surface area contributed by atoms with Gasteiger partial charge in [0.25, 0.3) is 0 Å². The highest BCUT2D eigenvalue weighted by atomic mass is 16.6. The zero-order chi connectivity index (χ0) is 13.4. The minimum absolute atomic E-state index is 0.0692. The number of aromatic nitrogens is 2. The Labute approximate surface area is 109 Å². The molecule has 1 aliphatic rings. The molecular weight excluding hydrogens is 248 g/mol. The minimum atomic E-state index is -1.04. The Hall–Kier alpha value is -2.50. The summed E-state index contributed by atoms with van der Waals surface area (Å²) in [4.78, 5) is 17.8. The Balaban J connectivity index is 2.14. The second kappa shape index (κ2) is 4.31. The van der Waals surface area contributed by atoms with Crippen LogP contribution in [0.15, 0.2) is 18.5 Å². The molecule has 0 unspecified atom stereocenters. The smallest absolute Gasteiger partial charge is 0.354 e. The maximum absolute atomic E-state index is 11.1. The van der Waals surface area contributed by atoms with Crippen LogP contribution in [-0.2, 0) is 0 Å². The fourth-order valence-corrected chi connectivity index (χ4v) is 2.11. The summed E-state index contributed by atoms with van der Waals surface area (Å²) in [7, 11) is 0. The van der Waals surface area contributed by atoms with Crippen molar-refractivity contribution >= 4 is 5.97 Å². The Morgan fingerprint density at radius 3 is 2.68 bits per heavy atom. The summed E-state index contributed by atoms with van der Waals surface area (Å²) in [5.74, 6) is 0.257. The van der Waals surface area contributed by atoms with Gasteiger partial charge >= 0.3 is 5.97 Å². The van der Waals surface area contributed by atoms with E-state index in [1.165, 1.54) is 6.33 Å². The summed E-state index contributed by atoms with van der Waals surface area (Å²) < 4.78 is 11.0. The summed E-state index contributed by atoms with van der Waals surface area (Å²) in [5.41, 5.74) is 2.09. The lowest BCUT2D eigenvalue weighted by atomic mass is 10.0. The van der Waals surface area contributed by atoms with E-state index in [0.717, 1.165) is 11.1 Å². The molecule has 0 saturated carbocycles. The number of fused-ring (bicyclic) bond motifs is 1. The largest absolute Gasteiger partial charge is 0.486 e.